The molecule has 0 atom stereocenters. The average molecular weight is 280 g/mol. The summed E-state index contributed by atoms with van der Waals surface area (Å²) in [5, 5.41) is 0. The zero-order valence-electron chi connectivity index (χ0n) is 8.82. The van der Waals surface area contributed by atoms with E-state index in [0.717, 1.165) is 0 Å². The zero-order valence-corrected chi connectivity index (χ0v) is 11.7. The number of hydrogen-bond donors (Lipinski definition) is 0. The Kier molecular flexibility index (Phi) is 16.2. The SMILES string of the molecule is C[c-]1cccc1.C[c-]1cccc1.[Cl-].[Cl-].[V+4]. The minimum Gasteiger partial charge on any atom is -1.00 e. The van der Waals surface area contributed by atoms with Crippen molar-refractivity contribution in [3.05, 3.63) is 59.7 Å². The molecule has 2 aromatic rings. The molecule has 0 saturated carbocycles. The molecule has 0 unspecified atom stereocenters. The maximum absolute atomic E-state index is 2.08. The fourth-order valence-electron chi connectivity index (χ4n) is 0.940. The van der Waals surface area contributed by atoms with Crippen molar-refractivity contribution in [1.82, 2.24) is 0 Å². The van der Waals surface area contributed by atoms with Crippen molar-refractivity contribution in [1.29, 1.82) is 0 Å². The molecule has 0 aromatic heterocycles. The van der Waals surface area contributed by atoms with Crippen molar-refractivity contribution in [2.24, 2.45) is 0 Å². The molecule has 0 fully saturated rings. The molecule has 0 nitrogen and oxygen atoms in total. The van der Waals surface area contributed by atoms with Gasteiger partial charge in [0, 0.05) is 0 Å². The second-order valence-electron chi connectivity index (χ2n) is 2.92. The molecule has 0 bridgehead atoms. The molecule has 0 spiro atoms. The summed E-state index contributed by atoms with van der Waals surface area (Å²) in [4.78, 5) is 0. The molecule has 2 aromatic carbocycles. The standard InChI is InChI=1S/2C6H7.2ClH.V/c2*1-6-4-2-3-5-6;;;/h2*2-5H,1H3;2*1H;/q2*-1;;;+4/p-2. The van der Waals surface area contributed by atoms with Crippen LogP contribution in [0.4, 0.5) is 0 Å². The first kappa shape index (κ1) is 20.3. The van der Waals surface area contributed by atoms with Gasteiger partial charge in [0.15, 0.2) is 0 Å². The molecular weight excluding hydrogens is 266 g/mol. The topological polar surface area (TPSA) is 0 Å². The van der Waals surface area contributed by atoms with Crippen LogP contribution in [0.25, 0.3) is 0 Å². The maximum atomic E-state index is 2.08. The minimum atomic E-state index is 0. The first-order valence-electron chi connectivity index (χ1n) is 4.15. The van der Waals surface area contributed by atoms with Crippen LogP contribution in [0.5, 0.6) is 0 Å². The van der Waals surface area contributed by atoms with Gasteiger partial charge in [0.1, 0.15) is 0 Å². The van der Waals surface area contributed by atoms with Crippen LogP contribution in [0.1, 0.15) is 11.1 Å². The Morgan fingerprint density at radius 1 is 0.600 bits per heavy atom. The molecule has 1 radical (unpaired) electrons. The van der Waals surface area contributed by atoms with E-state index in [1.165, 1.54) is 11.1 Å². The van der Waals surface area contributed by atoms with E-state index in [4.69, 9.17) is 0 Å². The summed E-state index contributed by atoms with van der Waals surface area (Å²) in [6, 6.07) is 16.5. The van der Waals surface area contributed by atoms with E-state index >= 15 is 0 Å². The van der Waals surface area contributed by atoms with Gasteiger partial charge < -0.3 is 24.8 Å². The summed E-state index contributed by atoms with van der Waals surface area (Å²) >= 11 is 0. The summed E-state index contributed by atoms with van der Waals surface area (Å²) in [6.45, 7) is 4.17. The molecule has 3 heteroatoms. The third-order valence-corrected chi connectivity index (χ3v) is 1.66. The molecule has 0 aliphatic heterocycles. The molecular formula is C12H14Cl2V. The minimum absolute atomic E-state index is 0. The number of rotatable bonds is 0. The van der Waals surface area contributed by atoms with Crippen molar-refractivity contribution >= 4 is 0 Å². The fraction of sp³-hybridized carbons (Fsp3) is 0.167. The molecule has 15 heavy (non-hydrogen) atoms. The second-order valence-corrected chi connectivity index (χ2v) is 2.92. The summed E-state index contributed by atoms with van der Waals surface area (Å²) < 4.78 is 0. The first-order chi connectivity index (χ1) is 5.79. The van der Waals surface area contributed by atoms with Crippen LogP contribution in [0.15, 0.2) is 48.5 Å². The van der Waals surface area contributed by atoms with Crippen molar-refractivity contribution < 1.29 is 43.4 Å². The van der Waals surface area contributed by atoms with Gasteiger partial charge in [0.05, 0.1) is 0 Å². The summed E-state index contributed by atoms with van der Waals surface area (Å²) in [7, 11) is 0. The van der Waals surface area contributed by atoms with Crippen LogP contribution in [0, 0.1) is 13.8 Å². The van der Waals surface area contributed by atoms with Crippen molar-refractivity contribution in [3.63, 3.8) is 0 Å². The first-order valence-corrected chi connectivity index (χ1v) is 4.15. The molecule has 0 aliphatic carbocycles. The normalized spacial score (nSPS) is 7.07. The van der Waals surface area contributed by atoms with E-state index in [1.807, 2.05) is 24.3 Å². The maximum Gasteiger partial charge on any atom is 4.00 e. The second kappa shape index (κ2) is 11.9. The van der Waals surface area contributed by atoms with Gasteiger partial charge in [-0.3, -0.25) is 0 Å². The van der Waals surface area contributed by atoms with Crippen LogP contribution in [-0.4, -0.2) is 0 Å². The Hall–Kier alpha value is -0.136. The van der Waals surface area contributed by atoms with Crippen LogP contribution in [0.3, 0.4) is 0 Å². The Balaban J connectivity index is -0.000000160. The largest absolute Gasteiger partial charge is 4.00 e. The molecule has 81 valence electrons. The Bertz CT molecular complexity index is 253. The van der Waals surface area contributed by atoms with Crippen molar-refractivity contribution in [2.75, 3.05) is 0 Å². The number of halogens is 2. The average Bonchev–Trinajstić information content (AvgIpc) is 2.63. The molecule has 2 rings (SSSR count). The van der Waals surface area contributed by atoms with Crippen LogP contribution in [-0.2, 0) is 18.6 Å². The van der Waals surface area contributed by atoms with Crippen LogP contribution < -0.4 is 24.8 Å². The third kappa shape index (κ3) is 10.2. The summed E-state index contributed by atoms with van der Waals surface area (Å²) in [6.07, 6.45) is 0. The van der Waals surface area contributed by atoms with Gasteiger partial charge >= 0.3 is 18.6 Å². The van der Waals surface area contributed by atoms with E-state index in [9.17, 15) is 0 Å². The molecule has 0 saturated heterocycles. The van der Waals surface area contributed by atoms with E-state index in [2.05, 4.69) is 38.1 Å². The summed E-state index contributed by atoms with van der Waals surface area (Å²) in [5.74, 6) is 0. The van der Waals surface area contributed by atoms with Gasteiger partial charge in [0.25, 0.3) is 0 Å². The van der Waals surface area contributed by atoms with Gasteiger partial charge in [-0.05, 0) is 0 Å². The fourth-order valence-corrected chi connectivity index (χ4v) is 0.940. The number of aryl methyl sites for hydroxylation is 2. The number of hydrogen-bond acceptors (Lipinski definition) is 0. The third-order valence-electron chi connectivity index (χ3n) is 1.66. The smallest absolute Gasteiger partial charge is 1.00 e. The molecule has 0 amide bonds. The molecule has 0 aliphatic rings. The molecule has 0 N–H and O–H groups in total. The zero-order chi connectivity index (χ0) is 8.81. The van der Waals surface area contributed by atoms with Gasteiger partial charge in [0.2, 0.25) is 0 Å². The van der Waals surface area contributed by atoms with E-state index in [-0.39, 0.29) is 43.4 Å². The van der Waals surface area contributed by atoms with E-state index in [0.29, 0.717) is 0 Å². The quantitative estimate of drug-likeness (QED) is 0.466. The predicted molar refractivity (Wildman–Crippen MR) is 53.5 cm³/mol. The van der Waals surface area contributed by atoms with E-state index < -0.39 is 0 Å². The van der Waals surface area contributed by atoms with Gasteiger partial charge in [-0.25, -0.2) is 24.3 Å². The Labute approximate surface area is 117 Å². The van der Waals surface area contributed by atoms with E-state index in [1.54, 1.807) is 0 Å². The molecule has 0 heterocycles. The Morgan fingerprint density at radius 3 is 0.867 bits per heavy atom. The van der Waals surface area contributed by atoms with Gasteiger partial charge in [-0.1, -0.05) is 13.8 Å². The van der Waals surface area contributed by atoms with Gasteiger partial charge in [-0.2, -0.15) is 35.4 Å². The monoisotopic (exact) mass is 279 g/mol. The Morgan fingerprint density at radius 2 is 0.800 bits per heavy atom. The van der Waals surface area contributed by atoms with Crippen molar-refractivity contribution in [2.45, 2.75) is 13.8 Å². The van der Waals surface area contributed by atoms with Crippen LogP contribution in [0.2, 0.25) is 0 Å². The van der Waals surface area contributed by atoms with Crippen molar-refractivity contribution in [3.8, 4) is 0 Å². The predicted octanol–water partition coefficient (Wildman–Crippen LogP) is -2.57. The van der Waals surface area contributed by atoms with Gasteiger partial charge in [-0.15, -0.1) is 0 Å². The summed E-state index contributed by atoms with van der Waals surface area (Å²) in [5.41, 5.74) is 2.69. The van der Waals surface area contributed by atoms with Crippen LogP contribution >= 0.6 is 0 Å².